The average Bonchev–Trinajstić information content (AvgIpc) is 2.80. The van der Waals surface area contributed by atoms with Crippen LogP contribution in [-0.2, 0) is 6.54 Å². The maximum Gasteiger partial charge on any atom is 0.108 e. The molecule has 20 heavy (non-hydrogen) atoms. The summed E-state index contributed by atoms with van der Waals surface area (Å²) in [4.78, 5) is 7.28. The van der Waals surface area contributed by atoms with Crippen molar-refractivity contribution >= 4 is 21.6 Å². The Kier molecular flexibility index (Phi) is 3.80. The van der Waals surface area contributed by atoms with Gasteiger partial charge < -0.3 is 5.32 Å². The van der Waals surface area contributed by atoms with Gasteiger partial charge in [0, 0.05) is 25.7 Å². The molecule has 1 aromatic heterocycles. The molecule has 0 amide bonds. The number of hydrogen-bond donors (Lipinski definition) is 1. The highest BCUT2D eigenvalue weighted by Gasteiger charge is 2.29. The number of fused-ring (bicyclic) bond motifs is 1. The Hall–Kier alpha value is -0.970. The van der Waals surface area contributed by atoms with Crippen molar-refractivity contribution in [3.05, 3.63) is 29.3 Å². The first-order valence-corrected chi connectivity index (χ1v) is 8.14. The first kappa shape index (κ1) is 14.0. The van der Waals surface area contributed by atoms with Crippen LogP contribution >= 0.6 is 11.3 Å². The zero-order valence-electron chi connectivity index (χ0n) is 12.5. The van der Waals surface area contributed by atoms with E-state index >= 15 is 0 Å². The van der Waals surface area contributed by atoms with Gasteiger partial charge in [-0.15, -0.1) is 11.3 Å². The minimum absolute atomic E-state index is 0.312. The van der Waals surface area contributed by atoms with Gasteiger partial charge in [-0.25, -0.2) is 4.98 Å². The molecule has 2 heterocycles. The van der Waals surface area contributed by atoms with Gasteiger partial charge in [0.1, 0.15) is 5.01 Å². The summed E-state index contributed by atoms with van der Waals surface area (Å²) in [6.45, 7) is 11.2. The summed E-state index contributed by atoms with van der Waals surface area (Å²) in [7, 11) is 0. The smallest absolute Gasteiger partial charge is 0.108 e. The molecule has 0 bridgehead atoms. The molecular formula is C16H23N3S. The van der Waals surface area contributed by atoms with E-state index in [2.05, 4.69) is 55.3 Å². The van der Waals surface area contributed by atoms with Gasteiger partial charge >= 0.3 is 0 Å². The number of thiazole rings is 1. The van der Waals surface area contributed by atoms with Crippen LogP contribution in [0, 0.1) is 5.41 Å². The maximum absolute atomic E-state index is 4.75. The zero-order valence-corrected chi connectivity index (χ0v) is 13.3. The number of piperazine rings is 1. The molecule has 4 heteroatoms. The minimum Gasteiger partial charge on any atom is -0.311 e. The minimum atomic E-state index is 0.312. The van der Waals surface area contributed by atoms with Crippen LogP contribution in [0.15, 0.2) is 24.3 Å². The lowest BCUT2D eigenvalue weighted by Gasteiger charge is -2.40. The second-order valence-corrected chi connectivity index (χ2v) is 7.80. The number of para-hydroxylation sites is 1. The highest BCUT2D eigenvalue weighted by Crippen LogP contribution is 2.25. The molecule has 0 aliphatic carbocycles. The molecule has 1 aromatic carbocycles. The number of aromatic nitrogens is 1. The molecule has 1 saturated heterocycles. The van der Waals surface area contributed by atoms with Crippen molar-refractivity contribution < 1.29 is 0 Å². The molecule has 3 nitrogen and oxygen atoms in total. The third-order valence-corrected chi connectivity index (χ3v) is 5.02. The van der Waals surface area contributed by atoms with Crippen molar-refractivity contribution in [3.63, 3.8) is 0 Å². The van der Waals surface area contributed by atoms with Crippen LogP contribution in [0.1, 0.15) is 25.8 Å². The molecule has 0 radical (unpaired) electrons. The first-order valence-electron chi connectivity index (χ1n) is 7.32. The van der Waals surface area contributed by atoms with Crippen LogP contribution in [0.4, 0.5) is 0 Å². The van der Waals surface area contributed by atoms with Crippen LogP contribution in [0.5, 0.6) is 0 Å². The van der Waals surface area contributed by atoms with Crippen molar-refractivity contribution in [2.75, 3.05) is 19.6 Å². The molecule has 1 aliphatic heterocycles. The van der Waals surface area contributed by atoms with E-state index in [0.29, 0.717) is 11.5 Å². The molecule has 2 aromatic rings. The van der Waals surface area contributed by atoms with Crippen LogP contribution in [-0.4, -0.2) is 35.6 Å². The van der Waals surface area contributed by atoms with Crippen molar-refractivity contribution in [2.24, 2.45) is 5.41 Å². The summed E-state index contributed by atoms with van der Waals surface area (Å²) in [5.74, 6) is 0. The summed E-state index contributed by atoms with van der Waals surface area (Å²) in [6.07, 6.45) is 0. The number of nitrogens with one attached hydrogen (secondary N) is 1. The van der Waals surface area contributed by atoms with E-state index in [1.807, 2.05) is 11.3 Å². The van der Waals surface area contributed by atoms with E-state index in [9.17, 15) is 0 Å². The molecular weight excluding hydrogens is 266 g/mol. The SMILES string of the molecule is CC(C)(C)C1CN(Cc2nc3ccccc3s2)CCN1. The lowest BCUT2D eigenvalue weighted by atomic mass is 9.85. The highest BCUT2D eigenvalue weighted by atomic mass is 32.1. The fourth-order valence-corrected chi connectivity index (χ4v) is 3.72. The zero-order chi connectivity index (χ0) is 14.2. The van der Waals surface area contributed by atoms with Gasteiger partial charge in [0.25, 0.3) is 0 Å². The fourth-order valence-electron chi connectivity index (χ4n) is 2.71. The molecule has 1 N–H and O–H groups in total. The third-order valence-electron chi connectivity index (χ3n) is 4.00. The van der Waals surface area contributed by atoms with Crippen LogP contribution in [0.2, 0.25) is 0 Å². The van der Waals surface area contributed by atoms with Gasteiger partial charge in [-0.2, -0.15) is 0 Å². The van der Waals surface area contributed by atoms with Crippen LogP contribution < -0.4 is 5.32 Å². The lowest BCUT2D eigenvalue weighted by molar-refractivity contribution is 0.129. The topological polar surface area (TPSA) is 28.2 Å². The van der Waals surface area contributed by atoms with Gasteiger partial charge in [0.05, 0.1) is 16.8 Å². The number of hydrogen-bond acceptors (Lipinski definition) is 4. The molecule has 1 unspecified atom stereocenters. The van der Waals surface area contributed by atoms with E-state index in [-0.39, 0.29) is 0 Å². The Bertz CT molecular complexity index is 552. The summed E-state index contributed by atoms with van der Waals surface area (Å²) in [5.41, 5.74) is 1.45. The molecule has 1 fully saturated rings. The second-order valence-electron chi connectivity index (χ2n) is 6.68. The Balaban J connectivity index is 1.71. The second kappa shape index (κ2) is 5.43. The Morgan fingerprint density at radius 2 is 2.15 bits per heavy atom. The van der Waals surface area contributed by atoms with Gasteiger partial charge in [-0.05, 0) is 17.5 Å². The van der Waals surface area contributed by atoms with Gasteiger partial charge in [0.15, 0.2) is 0 Å². The predicted octanol–water partition coefficient (Wildman–Crippen LogP) is 3.12. The van der Waals surface area contributed by atoms with Crippen molar-refractivity contribution in [3.8, 4) is 0 Å². The van der Waals surface area contributed by atoms with Crippen LogP contribution in [0.25, 0.3) is 10.2 Å². The molecule has 0 saturated carbocycles. The van der Waals surface area contributed by atoms with E-state index < -0.39 is 0 Å². The average molecular weight is 289 g/mol. The van der Waals surface area contributed by atoms with Crippen molar-refractivity contribution in [1.29, 1.82) is 0 Å². The fraction of sp³-hybridized carbons (Fsp3) is 0.562. The van der Waals surface area contributed by atoms with E-state index in [1.54, 1.807) is 0 Å². The predicted molar refractivity (Wildman–Crippen MR) is 86.1 cm³/mol. The third kappa shape index (κ3) is 3.03. The summed E-state index contributed by atoms with van der Waals surface area (Å²) >= 11 is 1.83. The van der Waals surface area contributed by atoms with Gasteiger partial charge in [-0.1, -0.05) is 32.9 Å². The standard InChI is InChI=1S/C16H23N3S/c1-16(2,3)14-10-19(9-8-17-14)11-15-18-12-6-4-5-7-13(12)20-15/h4-7,14,17H,8-11H2,1-3H3. The van der Waals surface area contributed by atoms with Crippen molar-refractivity contribution in [2.45, 2.75) is 33.4 Å². The van der Waals surface area contributed by atoms with Gasteiger partial charge in [0.2, 0.25) is 0 Å². The lowest BCUT2D eigenvalue weighted by Crippen LogP contribution is -2.55. The number of rotatable bonds is 2. The molecule has 3 rings (SSSR count). The van der Waals surface area contributed by atoms with E-state index in [4.69, 9.17) is 4.98 Å². The van der Waals surface area contributed by atoms with E-state index in [0.717, 1.165) is 31.7 Å². The van der Waals surface area contributed by atoms with Crippen LogP contribution in [0.3, 0.4) is 0 Å². The largest absolute Gasteiger partial charge is 0.311 e. The molecule has 1 aliphatic rings. The molecule has 108 valence electrons. The van der Waals surface area contributed by atoms with Crippen molar-refractivity contribution in [1.82, 2.24) is 15.2 Å². The molecule has 0 spiro atoms. The normalized spacial score (nSPS) is 21.4. The Labute approximate surface area is 125 Å². The molecule has 1 atom stereocenters. The quantitative estimate of drug-likeness (QED) is 0.920. The Morgan fingerprint density at radius 3 is 2.90 bits per heavy atom. The van der Waals surface area contributed by atoms with E-state index in [1.165, 1.54) is 9.71 Å². The van der Waals surface area contributed by atoms with Gasteiger partial charge in [-0.3, -0.25) is 4.90 Å². The summed E-state index contributed by atoms with van der Waals surface area (Å²) in [6, 6.07) is 8.97. The number of benzene rings is 1. The first-order chi connectivity index (χ1) is 9.52. The maximum atomic E-state index is 4.75. The summed E-state index contributed by atoms with van der Waals surface area (Å²) in [5, 5.41) is 4.88. The highest BCUT2D eigenvalue weighted by molar-refractivity contribution is 7.18. The summed E-state index contributed by atoms with van der Waals surface area (Å²) < 4.78 is 1.30. The monoisotopic (exact) mass is 289 g/mol. The number of nitrogens with zero attached hydrogens (tertiary/aromatic N) is 2. The Morgan fingerprint density at radius 1 is 1.35 bits per heavy atom.